The molecule has 0 saturated heterocycles. The zero-order valence-corrected chi connectivity index (χ0v) is 18.5. The number of thioether (sulfide) groups is 6. The summed E-state index contributed by atoms with van der Waals surface area (Å²) in [6.07, 6.45) is 7.76. The van der Waals surface area contributed by atoms with Crippen molar-refractivity contribution in [1.82, 2.24) is 0 Å². The summed E-state index contributed by atoms with van der Waals surface area (Å²) in [5, 5.41) is 0. The number of hydrogen-bond donors (Lipinski definition) is 0. The maximum absolute atomic E-state index is 2.46. The maximum atomic E-state index is 2.46. The second-order valence-corrected chi connectivity index (χ2v) is 13.6. The summed E-state index contributed by atoms with van der Waals surface area (Å²) in [5.74, 6) is 2.51. The quantitative estimate of drug-likeness (QED) is 0.424. The molecule has 3 heterocycles. The fraction of sp³-hybridized carbons (Fsp3) is 0.316. The van der Waals surface area contributed by atoms with Crippen molar-refractivity contribution < 1.29 is 0 Å². The van der Waals surface area contributed by atoms with Gasteiger partial charge < -0.3 is 0 Å². The largest absolute Gasteiger partial charge is 0.152 e. The van der Waals surface area contributed by atoms with E-state index in [0.717, 1.165) is 0 Å². The van der Waals surface area contributed by atoms with Gasteiger partial charge in [0.2, 0.25) is 0 Å². The normalized spacial score (nSPS) is 23.2. The van der Waals surface area contributed by atoms with Crippen LogP contribution in [0.15, 0.2) is 57.1 Å². The van der Waals surface area contributed by atoms with Crippen molar-refractivity contribution in [1.29, 1.82) is 0 Å². The van der Waals surface area contributed by atoms with Gasteiger partial charge in [-0.3, -0.25) is 0 Å². The van der Waals surface area contributed by atoms with E-state index in [1.807, 2.05) is 70.6 Å². The van der Waals surface area contributed by atoms with Gasteiger partial charge >= 0.3 is 0 Å². The van der Waals surface area contributed by atoms with E-state index in [0.29, 0.717) is 0 Å². The van der Waals surface area contributed by atoms with Crippen molar-refractivity contribution in [3.05, 3.63) is 62.7 Å². The SMILES string of the molecule is C(=C1SC2=C(SCCS2)S1)C(=C1SC2=C(CCCC2)S1)[c-]1cccc1. The van der Waals surface area contributed by atoms with Crippen molar-refractivity contribution in [2.45, 2.75) is 25.7 Å². The van der Waals surface area contributed by atoms with Gasteiger partial charge in [0.1, 0.15) is 0 Å². The predicted molar refractivity (Wildman–Crippen MR) is 125 cm³/mol. The topological polar surface area (TPSA) is 0 Å². The smallest absolute Gasteiger partial charge is 0.0653 e. The van der Waals surface area contributed by atoms with Crippen LogP contribution in [0.5, 0.6) is 0 Å². The molecule has 0 saturated carbocycles. The summed E-state index contributed by atoms with van der Waals surface area (Å²) in [4.78, 5) is 3.29. The molecule has 0 amide bonds. The molecular weight excluding hydrogens is 421 g/mol. The van der Waals surface area contributed by atoms with Gasteiger partial charge in [0, 0.05) is 15.7 Å². The minimum absolute atomic E-state index is 1.25. The van der Waals surface area contributed by atoms with Crippen molar-refractivity contribution in [2.24, 2.45) is 0 Å². The molecule has 25 heavy (non-hydrogen) atoms. The van der Waals surface area contributed by atoms with E-state index in [4.69, 9.17) is 0 Å². The van der Waals surface area contributed by atoms with Crippen LogP contribution in [0.25, 0.3) is 5.57 Å². The van der Waals surface area contributed by atoms with Crippen molar-refractivity contribution in [2.75, 3.05) is 11.5 Å². The van der Waals surface area contributed by atoms with Crippen LogP contribution in [0.2, 0.25) is 0 Å². The van der Waals surface area contributed by atoms with Crippen LogP contribution < -0.4 is 0 Å². The number of allylic oxidation sites excluding steroid dienone is 4. The lowest BCUT2D eigenvalue weighted by molar-refractivity contribution is 0.718. The van der Waals surface area contributed by atoms with Crippen LogP contribution >= 0.6 is 70.6 Å². The van der Waals surface area contributed by atoms with E-state index in [-0.39, 0.29) is 0 Å². The van der Waals surface area contributed by atoms with Gasteiger partial charge in [0.25, 0.3) is 0 Å². The van der Waals surface area contributed by atoms with Gasteiger partial charge in [0.05, 0.1) is 8.47 Å². The first-order chi connectivity index (χ1) is 12.4. The molecule has 5 rings (SSSR count). The second kappa shape index (κ2) is 7.80. The molecule has 6 heteroatoms. The molecule has 1 aromatic rings. The molecule has 0 spiro atoms. The van der Waals surface area contributed by atoms with Crippen LogP contribution in [0.3, 0.4) is 0 Å². The highest BCUT2D eigenvalue weighted by molar-refractivity contribution is 8.41. The lowest BCUT2D eigenvalue weighted by Gasteiger charge is -2.13. The van der Waals surface area contributed by atoms with Gasteiger partial charge in [-0.2, -0.15) is 12.1 Å². The Labute approximate surface area is 174 Å². The molecule has 0 atom stereocenters. The summed E-state index contributed by atoms with van der Waals surface area (Å²) in [5.41, 5.74) is 2.80. The molecule has 130 valence electrons. The Bertz CT molecular complexity index is 769. The van der Waals surface area contributed by atoms with Crippen LogP contribution in [-0.2, 0) is 0 Å². The number of rotatable bonds is 2. The minimum atomic E-state index is 1.25. The van der Waals surface area contributed by atoms with E-state index in [9.17, 15) is 0 Å². The van der Waals surface area contributed by atoms with Crippen molar-refractivity contribution in [3.8, 4) is 0 Å². The third-order valence-corrected chi connectivity index (χ3v) is 12.8. The van der Waals surface area contributed by atoms with Gasteiger partial charge in [-0.1, -0.05) is 40.7 Å². The van der Waals surface area contributed by atoms with E-state index in [1.54, 1.807) is 9.81 Å². The van der Waals surface area contributed by atoms with Gasteiger partial charge in [-0.15, -0.1) is 59.2 Å². The summed E-state index contributed by atoms with van der Waals surface area (Å²) in [7, 11) is 0. The minimum Gasteiger partial charge on any atom is -0.152 e. The van der Waals surface area contributed by atoms with Crippen molar-refractivity contribution >= 4 is 76.1 Å². The monoisotopic (exact) mass is 437 g/mol. The Hall–Kier alpha value is 0.410. The second-order valence-electron chi connectivity index (χ2n) is 6.07. The summed E-state index contributed by atoms with van der Waals surface area (Å²) >= 11 is 12.1. The summed E-state index contributed by atoms with van der Waals surface area (Å²) in [6.45, 7) is 0. The average Bonchev–Trinajstić information content (AvgIpc) is 3.37. The predicted octanol–water partition coefficient (Wildman–Crippen LogP) is 8.27. The fourth-order valence-electron chi connectivity index (χ4n) is 3.14. The molecular formula is C19H17S6-. The van der Waals surface area contributed by atoms with E-state index >= 15 is 0 Å². The van der Waals surface area contributed by atoms with Gasteiger partial charge in [0.15, 0.2) is 0 Å². The first kappa shape index (κ1) is 17.5. The number of hydrogen-bond acceptors (Lipinski definition) is 6. The molecule has 0 radical (unpaired) electrons. The molecule has 1 aromatic carbocycles. The van der Waals surface area contributed by atoms with Crippen LogP contribution in [0, 0.1) is 0 Å². The average molecular weight is 438 g/mol. The Balaban J connectivity index is 1.47. The van der Waals surface area contributed by atoms with E-state index in [2.05, 4.69) is 30.3 Å². The van der Waals surface area contributed by atoms with E-state index in [1.165, 1.54) is 65.3 Å². The molecule has 3 aliphatic heterocycles. The summed E-state index contributed by atoms with van der Waals surface area (Å²) in [6, 6.07) is 8.85. The van der Waals surface area contributed by atoms with Crippen LogP contribution in [0.4, 0.5) is 0 Å². The Kier molecular flexibility index (Phi) is 5.46. The molecule has 0 aromatic heterocycles. The fourth-order valence-corrected chi connectivity index (χ4v) is 12.0. The highest BCUT2D eigenvalue weighted by Gasteiger charge is 2.26. The van der Waals surface area contributed by atoms with E-state index < -0.39 is 0 Å². The molecule has 0 unspecified atom stereocenters. The summed E-state index contributed by atoms with van der Waals surface area (Å²) < 4.78 is 6.01. The maximum Gasteiger partial charge on any atom is 0.0653 e. The van der Waals surface area contributed by atoms with Crippen molar-refractivity contribution in [3.63, 3.8) is 0 Å². The molecule has 4 aliphatic rings. The van der Waals surface area contributed by atoms with Gasteiger partial charge in [-0.05, 0) is 39.7 Å². The zero-order chi connectivity index (χ0) is 16.6. The Morgan fingerprint density at radius 1 is 0.840 bits per heavy atom. The standard InChI is InChI=1S/C19H17S6/c1-2-6-12(5-1)13(17-22-14-7-3-4-8-15(14)23-17)11-16-24-18-19(25-16)21-10-9-20-18/h1-2,5-6,11H,3-4,7-10H2/q-1. The molecule has 0 N–H and O–H groups in total. The first-order valence-corrected chi connectivity index (χ1v) is 13.7. The lowest BCUT2D eigenvalue weighted by atomic mass is 10.1. The molecule has 0 bridgehead atoms. The highest BCUT2D eigenvalue weighted by Crippen LogP contribution is 2.61. The third-order valence-electron chi connectivity index (χ3n) is 4.36. The highest BCUT2D eigenvalue weighted by atomic mass is 32.3. The van der Waals surface area contributed by atoms with Crippen LogP contribution in [0.1, 0.15) is 31.2 Å². The van der Waals surface area contributed by atoms with Gasteiger partial charge in [-0.25, -0.2) is 0 Å². The Morgan fingerprint density at radius 3 is 2.04 bits per heavy atom. The third kappa shape index (κ3) is 3.72. The first-order valence-electron chi connectivity index (χ1n) is 8.48. The lowest BCUT2D eigenvalue weighted by Crippen LogP contribution is -1.89. The van der Waals surface area contributed by atoms with Crippen LogP contribution in [-0.4, -0.2) is 11.5 Å². The Morgan fingerprint density at radius 2 is 1.44 bits per heavy atom. The zero-order valence-electron chi connectivity index (χ0n) is 13.6. The molecule has 1 aliphatic carbocycles. The molecule has 0 fully saturated rings. The molecule has 0 nitrogen and oxygen atoms in total.